The fraction of sp³-hybridized carbons (Fsp3) is 0.143. The number of hydrogen-bond donors (Lipinski definition) is 1. The Hall–Kier alpha value is -2.36. The zero-order chi connectivity index (χ0) is 18.2. The van der Waals surface area contributed by atoms with Gasteiger partial charge in [0, 0.05) is 0 Å². The van der Waals surface area contributed by atoms with Crippen LogP contribution in [0.3, 0.4) is 0 Å². The van der Waals surface area contributed by atoms with E-state index in [2.05, 4.69) is 4.74 Å². The summed E-state index contributed by atoms with van der Waals surface area (Å²) >= 11 is 0. The van der Waals surface area contributed by atoms with E-state index in [-0.39, 0.29) is 11.3 Å². The van der Waals surface area contributed by atoms with Crippen molar-refractivity contribution in [3.05, 3.63) is 52.8 Å². The Morgan fingerprint density at radius 3 is 2.12 bits per heavy atom. The molecule has 0 bridgehead atoms. The highest BCUT2D eigenvalue weighted by molar-refractivity contribution is 7.90. The van der Waals surface area contributed by atoms with Crippen molar-refractivity contribution >= 4 is 9.84 Å². The first-order chi connectivity index (χ1) is 11.1. The van der Waals surface area contributed by atoms with Gasteiger partial charge in [0.2, 0.25) is 11.6 Å². The molecule has 0 heterocycles. The second-order valence-electron chi connectivity index (χ2n) is 4.66. The number of hydrogen-bond acceptors (Lipinski definition) is 4. The van der Waals surface area contributed by atoms with Crippen molar-refractivity contribution in [3.63, 3.8) is 0 Å². The molecule has 1 N–H and O–H groups in total. The lowest BCUT2D eigenvalue weighted by Gasteiger charge is -2.11. The summed E-state index contributed by atoms with van der Waals surface area (Å²) in [6.07, 6.45) is 0. The van der Waals surface area contributed by atoms with E-state index in [1.807, 2.05) is 0 Å². The summed E-state index contributed by atoms with van der Waals surface area (Å²) in [5.74, 6) is -13.3. The quantitative estimate of drug-likeness (QED) is 0.390. The second-order valence-corrected chi connectivity index (χ2v) is 6.59. The molecule has 0 spiro atoms. The second kappa shape index (κ2) is 6.27. The third-order valence-electron chi connectivity index (χ3n) is 3.08. The molecule has 0 aliphatic rings. The molecular weight excluding hydrogens is 359 g/mol. The van der Waals surface area contributed by atoms with E-state index < -0.39 is 55.3 Å². The van der Waals surface area contributed by atoms with Gasteiger partial charge in [-0.25, -0.2) is 26.0 Å². The molecule has 2 rings (SSSR count). The Morgan fingerprint density at radius 2 is 1.58 bits per heavy atom. The average molecular weight is 368 g/mol. The molecule has 24 heavy (non-hydrogen) atoms. The minimum Gasteiger partial charge on any atom is -0.504 e. The zero-order valence-electron chi connectivity index (χ0n) is 11.9. The highest BCUT2D eigenvalue weighted by Crippen LogP contribution is 2.35. The SMILES string of the molecule is COc1ccc(CS(=O)(=O)c2c(O)c(F)c(F)c(F)c2F)cc1F. The van der Waals surface area contributed by atoms with Crippen LogP contribution < -0.4 is 4.74 Å². The molecule has 0 saturated carbocycles. The van der Waals surface area contributed by atoms with E-state index in [9.17, 15) is 35.5 Å². The lowest BCUT2D eigenvalue weighted by molar-refractivity contribution is 0.345. The highest BCUT2D eigenvalue weighted by atomic mass is 32.2. The number of sulfone groups is 1. The minimum absolute atomic E-state index is 0.191. The number of ether oxygens (including phenoxy) is 1. The molecular formula is C14H9F5O4S. The van der Waals surface area contributed by atoms with Crippen LogP contribution in [0.4, 0.5) is 22.0 Å². The summed E-state index contributed by atoms with van der Waals surface area (Å²) < 4.78 is 95.6. The van der Waals surface area contributed by atoms with Crippen LogP contribution in [0.15, 0.2) is 23.1 Å². The number of benzene rings is 2. The van der Waals surface area contributed by atoms with E-state index in [4.69, 9.17) is 0 Å². The van der Waals surface area contributed by atoms with Gasteiger partial charge in [-0.05, 0) is 17.7 Å². The minimum atomic E-state index is -4.85. The Morgan fingerprint density at radius 1 is 1.00 bits per heavy atom. The van der Waals surface area contributed by atoms with E-state index >= 15 is 0 Å². The Bertz CT molecular complexity index is 883. The molecule has 0 radical (unpaired) electrons. The number of rotatable bonds is 4. The molecule has 0 fully saturated rings. The van der Waals surface area contributed by atoms with Crippen molar-refractivity contribution in [1.29, 1.82) is 0 Å². The van der Waals surface area contributed by atoms with Crippen LogP contribution >= 0.6 is 0 Å². The fourth-order valence-corrected chi connectivity index (χ4v) is 3.48. The molecule has 0 atom stereocenters. The fourth-order valence-electron chi connectivity index (χ4n) is 1.98. The molecule has 0 aliphatic carbocycles. The summed E-state index contributed by atoms with van der Waals surface area (Å²) in [6.45, 7) is 0. The van der Waals surface area contributed by atoms with Gasteiger partial charge in [0.1, 0.15) is 0 Å². The van der Waals surface area contributed by atoms with E-state index in [0.717, 1.165) is 18.2 Å². The number of halogens is 5. The molecule has 4 nitrogen and oxygen atoms in total. The van der Waals surface area contributed by atoms with Gasteiger partial charge in [-0.15, -0.1) is 0 Å². The summed E-state index contributed by atoms with van der Waals surface area (Å²) in [4.78, 5) is -1.74. The number of phenolic OH excluding ortho intramolecular Hbond substituents is 1. The van der Waals surface area contributed by atoms with Crippen molar-refractivity contribution in [2.75, 3.05) is 7.11 Å². The highest BCUT2D eigenvalue weighted by Gasteiger charge is 2.33. The molecule has 0 amide bonds. The van der Waals surface area contributed by atoms with Crippen LogP contribution in [0.5, 0.6) is 11.5 Å². The molecule has 0 aromatic heterocycles. The van der Waals surface area contributed by atoms with Crippen molar-refractivity contribution in [2.45, 2.75) is 10.6 Å². The summed E-state index contributed by atoms with van der Waals surface area (Å²) in [5, 5.41) is 9.34. The van der Waals surface area contributed by atoms with E-state index in [0.29, 0.717) is 0 Å². The van der Waals surface area contributed by atoms with Crippen molar-refractivity contribution in [1.82, 2.24) is 0 Å². The summed E-state index contributed by atoms with van der Waals surface area (Å²) in [7, 11) is -3.68. The lowest BCUT2D eigenvalue weighted by atomic mass is 10.2. The van der Waals surface area contributed by atoms with E-state index in [1.54, 1.807) is 0 Å². The third-order valence-corrected chi connectivity index (χ3v) is 4.79. The predicted molar refractivity (Wildman–Crippen MR) is 71.8 cm³/mol. The smallest absolute Gasteiger partial charge is 0.205 e. The van der Waals surface area contributed by atoms with Crippen LogP contribution in [0.2, 0.25) is 0 Å². The average Bonchev–Trinajstić information content (AvgIpc) is 2.50. The van der Waals surface area contributed by atoms with Gasteiger partial charge < -0.3 is 9.84 Å². The molecule has 0 unspecified atom stereocenters. The third kappa shape index (κ3) is 3.01. The largest absolute Gasteiger partial charge is 0.504 e. The first kappa shape index (κ1) is 18.0. The van der Waals surface area contributed by atoms with Gasteiger partial charge in [-0.3, -0.25) is 0 Å². The van der Waals surface area contributed by atoms with Crippen LogP contribution in [0.1, 0.15) is 5.56 Å². The van der Waals surface area contributed by atoms with Gasteiger partial charge in [-0.2, -0.15) is 4.39 Å². The number of aromatic hydroxyl groups is 1. The zero-order valence-corrected chi connectivity index (χ0v) is 12.7. The maximum absolute atomic E-state index is 13.7. The van der Waals surface area contributed by atoms with E-state index in [1.165, 1.54) is 7.11 Å². The molecule has 10 heteroatoms. The first-order valence-electron chi connectivity index (χ1n) is 6.20. The maximum atomic E-state index is 13.7. The standard InChI is InChI=1S/C14H9F5O4S/c1-23-8-3-2-6(4-7(8)15)5-24(21,22)14-12(19)10(17)9(16)11(18)13(14)20/h2-4,20H,5H2,1H3. The number of methoxy groups -OCH3 is 1. The van der Waals surface area contributed by atoms with Crippen molar-refractivity contribution < 1.29 is 40.2 Å². The first-order valence-corrected chi connectivity index (χ1v) is 7.85. The molecule has 130 valence electrons. The Kier molecular flexibility index (Phi) is 4.70. The van der Waals surface area contributed by atoms with Crippen LogP contribution in [-0.2, 0) is 15.6 Å². The predicted octanol–water partition coefficient (Wildman–Crippen LogP) is 3.07. The van der Waals surface area contributed by atoms with Gasteiger partial charge in [0.05, 0.1) is 12.9 Å². The van der Waals surface area contributed by atoms with Crippen LogP contribution in [-0.4, -0.2) is 20.6 Å². The topological polar surface area (TPSA) is 63.6 Å². The molecule has 2 aromatic carbocycles. The van der Waals surface area contributed by atoms with Gasteiger partial charge in [0.25, 0.3) is 0 Å². The Balaban J connectivity index is 2.55. The molecule has 2 aromatic rings. The van der Waals surface area contributed by atoms with Gasteiger partial charge in [0.15, 0.2) is 43.7 Å². The number of phenols is 1. The maximum Gasteiger partial charge on any atom is 0.205 e. The van der Waals surface area contributed by atoms with Crippen LogP contribution in [0.25, 0.3) is 0 Å². The van der Waals surface area contributed by atoms with Crippen molar-refractivity contribution in [3.8, 4) is 11.5 Å². The van der Waals surface area contributed by atoms with Crippen LogP contribution in [0, 0.1) is 29.1 Å². The van der Waals surface area contributed by atoms with Crippen molar-refractivity contribution in [2.24, 2.45) is 0 Å². The Labute approximate surface area is 133 Å². The van der Waals surface area contributed by atoms with Gasteiger partial charge >= 0.3 is 0 Å². The molecule has 0 saturated heterocycles. The van der Waals surface area contributed by atoms with Gasteiger partial charge in [-0.1, -0.05) is 6.07 Å². The molecule has 0 aliphatic heterocycles. The summed E-state index contributed by atoms with van der Waals surface area (Å²) in [5.41, 5.74) is -0.211. The lowest BCUT2D eigenvalue weighted by Crippen LogP contribution is -2.12. The monoisotopic (exact) mass is 368 g/mol. The summed E-state index contributed by atoms with van der Waals surface area (Å²) in [6, 6.07) is 2.95. The normalized spacial score (nSPS) is 11.6.